The molecule has 12 aromatic carbocycles. The number of benzene rings is 12. The Balaban J connectivity index is 0.783. The van der Waals surface area contributed by atoms with E-state index in [1.807, 2.05) is 0 Å². The van der Waals surface area contributed by atoms with Crippen molar-refractivity contribution in [3.63, 3.8) is 0 Å². The van der Waals surface area contributed by atoms with Gasteiger partial charge in [0, 0.05) is 5.41 Å². The number of hydrogen-bond donors (Lipinski definition) is 0. The maximum atomic E-state index is 2.40. The van der Waals surface area contributed by atoms with Crippen LogP contribution in [0.1, 0.15) is 47.2 Å². The lowest BCUT2D eigenvalue weighted by molar-refractivity contribution is 0.660. The van der Waals surface area contributed by atoms with E-state index in [1.54, 1.807) is 0 Å². The van der Waals surface area contributed by atoms with Crippen molar-refractivity contribution < 1.29 is 0 Å². The Morgan fingerprint density at radius 3 is 1.01 bits per heavy atom. The van der Waals surface area contributed by atoms with Crippen molar-refractivity contribution in [3.8, 4) is 111 Å². The van der Waals surface area contributed by atoms with Crippen LogP contribution in [0.3, 0.4) is 0 Å². The zero-order valence-corrected chi connectivity index (χ0v) is 42.6. The summed E-state index contributed by atoms with van der Waals surface area (Å²) < 4.78 is 0. The maximum absolute atomic E-state index is 2.40. The Morgan fingerprint density at radius 1 is 0.184 bits per heavy atom. The zero-order chi connectivity index (χ0) is 50.5. The second-order valence-electron chi connectivity index (χ2n) is 21.5. The lowest BCUT2D eigenvalue weighted by Gasteiger charge is -2.30. The molecule has 0 N–H and O–H groups in total. The lowest BCUT2D eigenvalue weighted by Crippen LogP contribution is -2.25. The summed E-state index contributed by atoms with van der Waals surface area (Å²) in [7, 11) is 0. The van der Waals surface area contributed by atoms with E-state index in [0.29, 0.717) is 0 Å². The number of rotatable bonds is 7. The van der Waals surface area contributed by atoms with Crippen LogP contribution in [0.25, 0.3) is 111 Å². The van der Waals surface area contributed by atoms with Gasteiger partial charge in [0.15, 0.2) is 0 Å². The van der Waals surface area contributed by atoms with Crippen molar-refractivity contribution in [3.05, 3.63) is 312 Å². The van der Waals surface area contributed by atoms with Gasteiger partial charge in [-0.1, -0.05) is 250 Å². The second-order valence-corrected chi connectivity index (χ2v) is 21.5. The summed E-state index contributed by atoms with van der Waals surface area (Å²) in [6.45, 7) is 4.72. The third kappa shape index (κ3) is 6.63. The summed E-state index contributed by atoms with van der Waals surface area (Å²) in [5.74, 6) is 0. The Labute approximate surface area is 446 Å². The van der Waals surface area contributed by atoms with E-state index in [4.69, 9.17) is 0 Å². The van der Waals surface area contributed by atoms with E-state index < -0.39 is 0 Å². The van der Waals surface area contributed by atoms with Gasteiger partial charge in [0.1, 0.15) is 0 Å². The zero-order valence-electron chi connectivity index (χ0n) is 42.6. The SMILES string of the molecule is CC1(C)c2ccccc2-c2c(-c3cc(-c4ccccc4)cc(-c4cccc(-c5cccc(-c6cccc(-c7cccc(-c8cccc9c8-c8ccccc8C98c9ccccc9-c9ccccc98)c7)c6)c5)c4)c3)cccc21. The Morgan fingerprint density at radius 2 is 0.474 bits per heavy atom. The first kappa shape index (κ1) is 44.2. The van der Waals surface area contributed by atoms with Gasteiger partial charge in [-0.15, -0.1) is 0 Å². The van der Waals surface area contributed by atoms with Crippen molar-refractivity contribution >= 4 is 0 Å². The monoisotopic (exact) mass is 964 g/mol. The van der Waals surface area contributed by atoms with E-state index in [2.05, 4.69) is 293 Å². The molecule has 0 heteroatoms. The topological polar surface area (TPSA) is 0 Å². The molecule has 12 aromatic rings. The highest BCUT2D eigenvalue weighted by atomic mass is 14.5. The molecule has 0 unspecified atom stereocenters. The lowest BCUT2D eigenvalue weighted by atomic mass is 9.70. The summed E-state index contributed by atoms with van der Waals surface area (Å²) in [4.78, 5) is 0. The molecule has 76 heavy (non-hydrogen) atoms. The van der Waals surface area contributed by atoms with Gasteiger partial charge >= 0.3 is 0 Å². The molecule has 1 spiro atoms. The molecule has 0 saturated heterocycles. The van der Waals surface area contributed by atoms with E-state index in [9.17, 15) is 0 Å². The van der Waals surface area contributed by atoms with Gasteiger partial charge in [-0.25, -0.2) is 0 Å². The molecule has 0 saturated carbocycles. The van der Waals surface area contributed by atoms with Crippen LogP contribution in [-0.2, 0) is 10.8 Å². The van der Waals surface area contributed by atoms with Gasteiger partial charge in [-0.2, -0.15) is 0 Å². The van der Waals surface area contributed by atoms with E-state index in [0.717, 1.165) is 0 Å². The van der Waals surface area contributed by atoms with Crippen LogP contribution >= 0.6 is 0 Å². The van der Waals surface area contributed by atoms with E-state index in [1.165, 1.54) is 145 Å². The molecule has 0 nitrogen and oxygen atoms in total. The summed E-state index contributed by atoms with van der Waals surface area (Å²) in [5.41, 5.74) is 32.7. The fourth-order valence-corrected chi connectivity index (χ4v) is 13.6. The average molecular weight is 965 g/mol. The number of fused-ring (bicyclic) bond motifs is 13. The smallest absolute Gasteiger partial charge is 0.0622 e. The van der Waals surface area contributed by atoms with Gasteiger partial charge in [0.05, 0.1) is 5.41 Å². The normalized spacial score (nSPS) is 13.6. The largest absolute Gasteiger partial charge is 0.0725 e. The van der Waals surface area contributed by atoms with Gasteiger partial charge in [0.2, 0.25) is 0 Å². The Bertz CT molecular complexity index is 4270. The molecule has 15 rings (SSSR count). The molecule has 0 aliphatic heterocycles. The third-order valence-electron chi connectivity index (χ3n) is 17.1. The van der Waals surface area contributed by atoms with Crippen LogP contribution in [0.15, 0.2) is 279 Å². The Hall–Kier alpha value is -9.36. The predicted molar refractivity (Wildman–Crippen MR) is 318 cm³/mol. The quantitative estimate of drug-likeness (QED) is 0.149. The first-order chi connectivity index (χ1) is 37.4. The minimum absolute atomic E-state index is 0.0732. The van der Waals surface area contributed by atoms with Crippen LogP contribution in [0.4, 0.5) is 0 Å². The van der Waals surface area contributed by atoms with Crippen LogP contribution in [0, 0.1) is 0 Å². The van der Waals surface area contributed by atoms with Crippen molar-refractivity contribution in [1.29, 1.82) is 0 Å². The minimum atomic E-state index is -0.373. The minimum Gasteiger partial charge on any atom is -0.0622 e. The molecule has 0 radical (unpaired) electrons. The molecular weight excluding hydrogens is 913 g/mol. The van der Waals surface area contributed by atoms with Gasteiger partial charge in [-0.3, -0.25) is 0 Å². The molecule has 0 heterocycles. The van der Waals surface area contributed by atoms with Crippen molar-refractivity contribution in [2.75, 3.05) is 0 Å². The third-order valence-corrected chi connectivity index (χ3v) is 17.1. The van der Waals surface area contributed by atoms with Crippen LogP contribution in [-0.4, -0.2) is 0 Å². The van der Waals surface area contributed by atoms with Crippen molar-refractivity contribution in [2.45, 2.75) is 24.7 Å². The average Bonchev–Trinajstić information content (AvgIpc) is 4.17. The first-order valence-electron chi connectivity index (χ1n) is 26.7. The molecule has 3 aliphatic carbocycles. The summed E-state index contributed by atoms with van der Waals surface area (Å²) in [6.07, 6.45) is 0. The first-order valence-corrected chi connectivity index (χ1v) is 26.7. The summed E-state index contributed by atoms with van der Waals surface area (Å²) in [6, 6.07) is 104. The molecular formula is C76H52. The van der Waals surface area contributed by atoms with Crippen LogP contribution in [0.2, 0.25) is 0 Å². The highest BCUT2D eigenvalue weighted by molar-refractivity contribution is 6.01. The fourth-order valence-electron chi connectivity index (χ4n) is 13.6. The second kappa shape index (κ2) is 17.1. The highest BCUT2D eigenvalue weighted by Gasteiger charge is 2.52. The van der Waals surface area contributed by atoms with E-state index >= 15 is 0 Å². The van der Waals surface area contributed by atoms with E-state index in [-0.39, 0.29) is 10.8 Å². The van der Waals surface area contributed by atoms with Crippen LogP contribution in [0.5, 0.6) is 0 Å². The summed E-state index contributed by atoms with van der Waals surface area (Å²) >= 11 is 0. The fraction of sp³-hybridized carbons (Fsp3) is 0.0526. The highest BCUT2D eigenvalue weighted by Crippen LogP contribution is 2.64. The van der Waals surface area contributed by atoms with Crippen molar-refractivity contribution in [2.24, 2.45) is 0 Å². The van der Waals surface area contributed by atoms with Gasteiger partial charge in [0.25, 0.3) is 0 Å². The molecule has 0 bridgehead atoms. The molecule has 0 amide bonds. The molecule has 3 aliphatic rings. The van der Waals surface area contributed by atoms with Gasteiger partial charge < -0.3 is 0 Å². The van der Waals surface area contributed by atoms with Gasteiger partial charge in [-0.05, 0) is 187 Å². The number of hydrogen-bond acceptors (Lipinski definition) is 0. The maximum Gasteiger partial charge on any atom is 0.0725 e. The molecule has 0 aromatic heterocycles. The molecule has 0 fully saturated rings. The molecule has 356 valence electrons. The molecule has 0 atom stereocenters. The summed E-state index contributed by atoms with van der Waals surface area (Å²) in [5, 5.41) is 0. The Kier molecular flexibility index (Phi) is 9.94. The standard InChI is InChI=1S/C76H52/c1-75(2)67-36-10-8-32-65(67)73-62(35-18-40-71(73)75)60-47-58(49-20-4-3-5-21-49)46-59(48-60)56-28-16-26-54(44-56)52-24-14-22-50(42-52)51-23-15-25-53(43-51)55-27-17-29-57(45-55)61-34-19-41-72-74(61)66-33-9-13-39-70(66)76(72)68-37-11-6-30-63(68)64-31-7-12-38-69(64)76/h3-48H,1-2H3. The van der Waals surface area contributed by atoms with Crippen LogP contribution < -0.4 is 0 Å². The predicted octanol–water partition coefficient (Wildman–Crippen LogP) is 20.0. The van der Waals surface area contributed by atoms with Crippen molar-refractivity contribution in [1.82, 2.24) is 0 Å².